The Kier molecular flexibility index (Phi) is 5.96. The second-order valence-electron chi connectivity index (χ2n) is 6.90. The van der Waals surface area contributed by atoms with Crippen LogP contribution in [0.3, 0.4) is 0 Å². The van der Waals surface area contributed by atoms with E-state index in [-0.39, 0.29) is 11.4 Å². The average Bonchev–Trinajstić information content (AvgIpc) is 2.63. The van der Waals surface area contributed by atoms with Gasteiger partial charge in [-0.25, -0.2) is 0 Å². The Morgan fingerprint density at radius 1 is 1.09 bits per heavy atom. The number of halogens is 1. The first-order valence-electron chi connectivity index (χ1n) is 8.96. The maximum Gasteiger partial charge on any atom is 0.234 e. The first-order valence-corrected chi connectivity index (χ1v) is 10.5. The fourth-order valence-electron chi connectivity index (χ4n) is 4.33. The maximum absolute atomic E-state index is 11.7. The van der Waals surface area contributed by atoms with E-state index < -0.39 is 0 Å². The average molecular weight is 426 g/mol. The number of hydrogen-bond acceptors (Lipinski definition) is 2. The summed E-state index contributed by atoms with van der Waals surface area (Å²) in [5.41, 5.74) is 2.56. The zero-order valence-corrected chi connectivity index (χ0v) is 16.0. The summed E-state index contributed by atoms with van der Waals surface area (Å²) in [4.78, 5) is 14.5. The van der Waals surface area contributed by atoms with E-state index in [1.807, 2.05) is 6.07 Å². The summed E-state index contributed by atoms with van der Waals surface area (Å²) in [6, 6.07) is 8.63. The fraction of sp³-hybridized carbons (Fsp3) is 0.632. The summed E-state index contributed by atoms with van der Waals surface area (Å²) in [5, 5.41) is 3.03. The van der Waals surface area contributed by atoms with Gasteiger partial charge in [-0.1, -0.05) is 60.4 Å². The van der Waals surface area contributed by atoms with Crippen molar-refractivity contribution in [1.29, 1.82) is 0 Å². The highest BCUT2D eigenvalue weighted by molar-refractivity contribution is 14.1. The quantitative estimate of drug-likeness (QED) is 0.559. The van der Waals surface area contributed by atoms with Crippen LogP contribution in [0.2, 0.25) is 0 Å². The SMILES string of the molecule is O=C(CI)Nc1cccc(C2(N3CCCCC3)CCCCC2)c1. The summed E-state index contributed by atoms with van der Waals surface area (Å²) < 4.78 is 0.499. The molecule has 0 spiro atoms. The van der Waals surface area contributed by atoms with Gasteiger partial charge in [0.25, 0.3) is 0 Å². The van der Waals surface area contributed by atoms with Gasteiger partial charge in [0.1, 0.15) is 0 Å². The van der Waals surface area contributed by atoms with Crippen molar-refractivity contribution in [3.8, 4) is 0 Å². The highest BCUT2D eigenvalue weighted by Crippen LogP contribution is 2.44. The number of anilines is 1. The van der Waals surface area contributed by atoms with Crippen LogP contribution in [0.15, 0.2) is 24.3 Å². The van der Waals surface area contributed by atoms with Gasteiger partial charge in [-0.2, -0.15) is 0 Å². The second kappa shape index (κ2) is 7.97. The molecule has 0 aromatic heterocycles. The highest BCUT2D eigenvalue weighted by Gasteiger charge is 2.39. The van der Waals surface area contributed by atoms with Crippen LogP contribution in [0.25, 0.3) is 0 Å². The molecule has 1 saturated heterocycles. The number of nitrogens with zero attached hydrogens (tertiary/aromatic N) is 1. The van der Waals surface area contributed by atoms with Gasteiger partial charge in [0.05, 0.1) is 4.43 Å². The van der Waals surface area contributed by atoms with E-state index in [0.717, 1.165) is 5.69 Å². The predicted molar refractivity (Wildman–Crippen MR) is 104 cm³/mol. The summed E-state index contributed by atoms with van der Waals surface area (Å²) >= 11 is 2.11. The fourth-order valence-corrected chi connectivity index (χ4v) is 4.52. The van der Waals surface area contributed by atoms with Crippen molar-refractivity contribution < 1.29 is 4.79 Å². The summed E-state index contributed by atoms with van der Waals surface area (Å²) in [7, 11) is 0. The number of likely N-dealkylation sites (tertiary alicyclic amines) is 1. The maximum atomic E-state index is 11.7. The largest absolute Gasteiger partial charge is 0.325 e. The number of amides is 1. The Morgan fingerprint density at radius 3 is 2.48 bits per heavy atom. The molecule has 1 heterocycles. The number of piperidine rings is 1. The molecule has 1 aromatic carbocycles. The molecule has 1 N–H and O–H groups in total. The van der Waals surface area contributed by atoms with Gasteiger partial charge in [0, 0.05) is 11.2 Å². The zero-order valence-electron chi connectivity index (χ0n) is 13.8. The van der Waals surface area contributed by atoms with Gasteiger partial charge in [-0.15, -0.1) is 0 Å². The molecule has 1 aliphatic carbocycles. The van der Waals surface area contributed by atoms with Gasteiger partial charge in [0.2, 0.25) is 5.91 Å². The number of hydrogen-bond donors (Lipinski definition) is 1. The predicted octanol–water partition coefficient (Wildman–Crippen LogP) is 4.71. The minimum atomic E-state index is 0.0819. The Balaban J connectivity index is 1.90. The number of rotatable bonds is 4. The Morgan fingerprint density at radius 2 is 1.78 bits per heavy atom. The van der Waals surface area contributed by atoms with Gasteiger partial charge in [0.15, 0.2) is 0 Å². The Hall–Kier alpha value is -0.620. The van der Waals surface area contributed by atoms with E-state index in [9.17, 15) is 4.79 Å². The zero-order chi connectivity index (χ0) is 16.1. The van der Waals surface area contributed by atoms with Crippen LogP contribution >= 0.6 is 22.6 Å². The molecule has 0 bridgehead atoms. The van der Waals surface area contributed by atoms with Crippen LogP contribution in [-0.4, -0.2) is 28.3 Å². The molecule has 0 atom stereocenters. The number of benzene rings is 1. The minimum absolute atomic E-state index is 0.0819. The standard InChI is InChI=1S/C19H27IN2O/c20-15-18(23)21-17-9-7-8-16(14-17)19(10-3-1-4-11-19)22-12-5-2-6-13-22/h7-9,14H,1-6,10-13,15H2,(H,21,23). The Labute approximate surface area is 153 Å². The topological polar surface area (TPSA) is 32.3 Å². The lowest BCUT2D eigenvalue weighted by Crippen LogP contribution is -2.49. The van der Waals surface area contributed by atoms with Crippen LogP contribution in [0, 0.1) is 0 Å². The highest BCUT2D eigenvalue weighted by atomic mass is 127. The van der Waals surface area contributed by atoms with Crippen molar-refractivity contribution in [2.45, 2.75) is 56.9 Å². The van der Waals surface area contributed by atoms with Crippen molar-refractivity contribution in [2.75, 3.05) is 22.8 Å². The first kappa shape index (κ1) is 17.2. The molecule has 2 fully saturated rings. The number of carbonyl (C=O) groups is 1. The first-order chi connectivity index (χ1) is 11.2. The lowest BCUT2D eigenvalue weighted by Gasteiger charge is -2.49. The lowest BCUT2D eigenvalue weighted by molar-refractivity contribution is -0.113. The molecule has 23 heavy (non-hydrogen) atoms. The van der Waals surface area contributed by atoms with Crippen molar-refractivity contribution in [1.82, 2.24) is 4.90 Å². The minimum Gasteiger partial charge on any atom is -0.325 e. The third-order valence-corrected chi connectivity index (χ3v) is 6.14. The number of alkyl halides is 1. The summed E-state index contributed by atoms with van der Waals surface area (Å²) in [5.74, 6) is 0.0819. The molecular formula is C19H27IN2O. The van der Waals surface area contributed by atoms with E-state index in [0.29, 0.717) is 4.43 Å². The van der Waals surface area contributed by atoms with Gasteiger partial charge in [-0.05, 0) is 56.5 Å². The molecular weight excluding hydrogens is 399 g/mol. The van der Waals surface area contributed by atoms with Crippen molar-refractivity contribution >= 4 is 34.2 Å². The number of nitrogens with one attached hydrogen (secondary N) is 1. The third-order valence-electron chi connectivity index (χ3n) is 5.45. The molecule has 3 nitrogen and oxygen atoms in total. The van der Waals surface area contributed by atoms with Crippen LogP contribution < -0.4 is 5.32 Å². The van der Waals surface area contributed by atoms with E-state index in [1.165, 1.54) is 70.0 Å². The van der Waals surface area contributed by atoms with E-state index >= 15 is 0 Å². The van der Waals surface area contributed by atoms with Gasteiger partial charge >= 0.3 is 0 Å². The van der Waals surface area contributed by atoms with Crippen LogP contribution in [0.1, 0.15) is 56.9 Å². The summed E-state index contributed by atoms with van der Waals surface area (Å²) in [6.45, 7) is 2.45. The van der Waals surface area contributed by atoms with Crippen molar-refractivity contribution in [2.24, 2.45) is 0 Å². The van der Waals surface area contributed by atoms with Gasteiger partial charge in [-0.3, -0.25) is 9.69 Å². The second-order valence-corrected chi connectivity index (χ2v) is 7.67. The van der Waals surface area contributed by atoms with E-state index in [4.69, 9.17) is 0 Å². The third kappa shape index (κ3) is 3.90. The van der Waals surface area contributed by atoms with E-state index in [2.05, 4.69) is 51.0 Å². The van der Waals surface area contributed by atoms with Crippen LogP contribution in [0.5, 0.6) is 0 Å². The molecule has 3 rings (SSSR count). The molecule has 1 amide bonds. The normalized spacial score (nSPS) is 21.8. The van der Waals surface area contributed by atoms with Crippen molar-refractivity contribution in [3.63, 3.8) is 0 Å². The van der Waals surface area contributed by atoms with Gasteiger partial charge < -0.3 is 5.32 Å². The summed E-state index contributed by atoms with van der Waals surface area (Å²) in [6.07, 6.45) is 10.5. The number of carbonyl (C=O) groups excluding carboxylic acids is 1. The monoisotopic (exact) mass is 426 g/mol. The van der Waals surface area contributed by atoms with Crippen LogP contribution in [0.4, 0.5) is 5.69 Å². The molecule has 1 aliphatic heterocycles. The smallest absolute Gasteiger partial charge is 0.234 e. The van der Waals surface area contributed by atoms with Crippen molar-refractivity contribution in [3.05, 3.63) is 29.8 Å². The molecule has 4 heteroatoms. The Bertz CT molecular complexity index is 534. The lowest BCUT2D eigenvalue weighted by atomic mass is 9.74. The molecule has 0 radical (unpaired) electrons. The molecule has 2 aliphatic rings. The molecule has 1 saturated carbocycles. The van der Waals surface area contributed by atoms with E-state index in [1.54, 1.807) is 0 Å². The molecule has 1 aromatic rings. The van der Waals surface area contributed by atoms with Crippen LogP contribution in [-0.2, 0) is 10.3 Å². The molecule has 0 unspecified atom stereocenters. The molecule has 126 valence electrons.